The van der Waals surface area contributed by atoms with Gasteiger partial charge in [-0.2, -0.15) is 4.31 Å². The van der Waals surface area contributed by atoms with Gasteiger partial charge in [-0.1, -0.05) is 6.92 Å². The molecule has 1 aliphatic rings. The third kappa shape index (κ3) is 5.32. The van der Waals surface area contributed by atoms with Crippen molar-refractivity contribution in [1.82, 2.24) is 4.31 Å². The molecule has 0 aromatic heterocycles. The summed E-state index contributed by atoms with van der Waals surface area (Å²) < 4.78 is 54.3. The van der Waals surface area contributed by atoms with Crippen LogP contribution >= 0.6 is 12.4 Å². The number of nitrogens with zero attached hydrogens (tertiary/aromatic N) is 1. The first-order valence-corrected chi connectivity index (χ1v) is 10.7. The molecule has 0 bridgehead atoms. The molecule has 2 rings (SSSR count). The van der Waals surface area contributed by atoms with Gasteiger partial charge in [-0.3, -0.25) is 0 Å². The van der Waals surface area contributed by atoms with Crippen molar-refractivity contribution in [1.29, 1.82) is 0 Å². The van der Waals surface area contributed by atoms with Crippen molar-refractivity contribution in [3.05, 3.63) is 24.3 Å². The Labute approximate surface area is 149 Å². The second-order valence-corrected chi connectivity index (χ2v) is 9.88. The van der Waals surface area contributed by atoms with Gasteiger partial charge in [-0.25, -0.2) is 16.8 Å². The van der Waals surface area contributed by atoms with Crippen LogP contribution in [0.1, 0.15) is 13.3 Å². The van der Waals surface area contributed by atoms with Crippen molar-refractivity contribution in [3.8, 4) is 5.75 Å². The third-order valence-corrected chi connectivity index (χ3v) is 7.30. The Hall–Kier alpha value is -0.870. The van der Waals surface area contributed by atoms with Gasteiger partial charge in [-0.15, -0.1) is 12.4 Å². The number of sulfone groups is 1. The summed E-state index contributed by atoms with van der Waals surface area (Å²) in [4.78, 5) is 0.181. The summed E-state index contributed by atoms with van der Waals surface area (Å²) in [5.41, 5.74) is 5.75. The lowest BCUT2D eigenvalue weighted by molar-refractivity contribution is 0.340. The number of hydrogen-bond donors (Lipinski definition) is 1. The normalized spacial score (nSPS) is 19.0. The fraction of sp³-hybridized carbons (Fsp3) is 0.571. The molecule has 0 unspecified atom stereocenters. The van der Waals surface area contributed by atoms with Crippen LogP contribution < -0.4 is 10.5 Å². The van der Waals surface area contributed by atoms with Gasteiger partial charge >= 0.3 is 0 Å². The number of nitrogens with two attached hydrogens (primary N) is 1. The van der Waals surface area contributed by atoms with E-state index in [-0.39, 0.29) is 41.5 Å². The van der Waals surface area contributed by atoms with Gasteiger partial charge < -0.3 is 10.5 Å². The largest absolute Gasteiger partial charge is 0.493 e. The third-order valence-electron chi connectivity index (χ3n) is 3.75. The SMILES string of the molecule is CCS(=O)(=O)CCOc1ccc(S(=O)(=O)N2CC[C@@H](N)C2)cc1.Cl. The van der Waals surface area contributed by atoms with Crippen molar-refractivity contribution >= 4 is 32.3 Å². The molecule has 1 fully saturated rings. The standard InChI is InChI=1S/C14H22N2O5S2.ClH/c1-2-22(17,18)10-9-21-13-3-5-14(6-4-13)23(19,20)16-8-7-12(15)11-16;/h3-6,12H,2,7-11,15H2,1H3;1H/t12-;/m1./s1. The number of hydrogen-bond acceptors (Lipinski definition) is 6. The first-order valence-electron chi connectivity index (χ1n) is 7.43. The van der Waals surface area contributed by atoms with Crippen molar-refractivity contribution < 1.29 is 21.6 Å². The van der Waals surface area contributed by atoms with Gasteiger partial charge in [0.25, 0.3) is 0 Å². The fourth-order valence-corrected chi connectivity index (χ4v) is 4.40. The highest BCUT2D eigenvalue weighted by atomic mass is 35.5. The fourth-order valence-electron chi connectivity index (χ4n) is 2.26. The van der Waals surface area contributed by atoms with E-state index >= 15 is 0 Å². The van der Waals surface area contributed by atoms with Crippen LogP contribution in [-0.4, -0.2) is 58.4 Å². The first-order chi connectivity index (χ1) is 10.7. The van der Waals surface area contributed by atoms with Gasteiger partial charge in [0.2, 0.25) is 10.0 Å². The maximum absolute atomic E-state index is 12.4. The number of rotatable bonds is 7. The van der Waals surface area contributed by atoms with E-state index in [1.807, 2.05) is 0 Å². The van der Waals surface area contributed by atoms with Crippen molar-refractivity contribution in [2.24, 2.45) is 5.73 Å². The van der Waals surface area contributed by atoms with Gasteiger partial charge in [0.15, 0.2) is 9.84 Å². The monoisotopic (exact) mass is 398 g/mol. The molecule has 1 heterocycles. The Morgan fingerprint density at radius 1 is 1.21 bits per heavy atom. The predicted octanol–water partition coefficient (Wildman–Crippen LogP) is 0.644. The van der Waals surface area contributed by atoms with E-state index in [1.165, 1.54) is 28.6 Å². The van der Waals surface area contributed by atoms with Gasteiger partial charge in [0.1, 0.15) is 12.4 Å². The quantitative estimate of drug-likeness (QED) is 0.722. The molecule has 1 atom stereocenters. The summed E-state index contributed by atoms with van der Waals surface area (Å²) in [6.45, 7) is 2.38. The second kappa shape index (κ2) is 8.48. The van der Waals surface area contributed by atoms with Crippen LogP contribution in [-0.2, 0) is 19.9 Å². The van der Waals surface area contributed by atoms with Crippen LogP contribution in [0.4, 0.5) is 0 Å². The Morgan fingerprint density at radius 2 is 1.83 bits per heavy atom. The lowest BCUT2D eigenvalue weighted by Crippen LogP contribution is -2.31. The summed E-state index contributed by atoms with van der Waals surface area (Å²) >= 11 is 0. The molecular formula is C14H23ClN2O5S2. The van der Waals surface area contributed by atoms with E-state index < -0.39 is 19.9 Å². The Morgan fingerprint density at radius 3 is 2.33 bits per heavy atom. The Kier molecular flexibility index (Phi) is 7.48. The van der Waals surface area contributed by atoms with E-state index in [1.54, 1.807) is 6.92 Å². The summed E-state index contributed by atoms with van der Waals surface area (Å²) in [7, 11) is -6.61. The minimum absolute atomic E-state index is 0. The molecule has 2 N–H and O–H groups in total. The zero-order valence-corrected chi connectivity index (χ0v) is 15.9. The van der Waals surface area contributed by atoms with Gasteiger partial charge in [0, 0.05) is 24.9 Å². The lowest BCUT2D eigenvalue weighted by Gasteiger charge is -2.16. The average molecular weight is 399 g/mol. The molecule has 138 valence electrons. The minimum atomic E-state index is -3.53. The molecule has 1 saturated heterocycles. The number of benzene rings is 1. The summed E-state index contributed by atoms with van der Waals surface area (Å²) in [5, 5.41) is 0. The lowest BCUT2D eigenvalue weighted by atomic mass is 10.3. The van der Waals surface area contributed by atoms with Crippen LogP contribution in [0.3, 0.4) is 0 Å². The zero-order valence-electron chi connectivity index (χ0n) is 13.4. The zero-order chi connectivity index (χ0) is 17.1. The van der Waals surface area contributed by atoms with Gasteiger partial charge in [0.05, 0.1) is 10.6 Å². The summed E-state index contributed by atoms with van der Waals surface area (Å²) in [6.07, 6.45) is 0.659. The van der Waals surface area contributed by atoms with Gasteiger partial charge in [-0.05, 0) is 30.7 Å². The van der Waals surface area contributed by atoms with Crippen molar-refractivity contribution in [2.75, 3.05) is 31.2 Å². The maximum atomic E-state index is 12.4. The number of halogens is 1. The number of ether oxygens (including phenoxy) is 1. The molecule has 0 amide bonds. The molecule has 10 heteroatoms. The van der Waals surface area contributed by atoms with E-state index in [9.17, 15) is 16.8 Å². The molecule has 0 spiro atoms. The molecule has 0 radical (unpaired) electrons. The highest BCUT2D eigenvalue weighted by molar-refractivity contribution is 7.91. The molecule has 0 saturated carbocycles. The van der Waals surface area contributed by atoms with Crippen molar-refractivity contribution in [3.63, 3.8) is 0 Å². The van der Waals surface area contributed by atoms with E-state index in [0.717, 1.165) is 0 Å². The smallest absolute Gasteiger partial charge is 0.243 e. The second-order valence-electron chi connectivity index (χ2n) is 5.47. The summed E-state index contributed by atoms with van der Waals surface area (Å²) in [5.74, 6) is 0.453. The molecule has 1 aromatic rings. The molecule has 7 nitrogen and oxygen atoms in total. The van der Waals surface area contributed by atoms with Crippen LogP contribution in [0, 0.1) is 0 Å². The average Bonchev–Trinajstić information content (AvgIpc) is 2.95. The predicted molar refractivity (Wildman–Crippen MR) is 94.9 cm³/mol. The summed E-state index contributed by atoms with van der Waals surface area (Å²) in [6, 6.07) is 5.86. The number of sulfonamides is 1. The Bertz CT molecular complexity index is 735. The van der Waals surface area contributed by atoms with Crippen LogP contribution in [0.25, 0.3) is 0 Å². The van der Waals surface area contributed by atoms with Crippen molar-refractivity contribution in [2.45, 2.75) is 24.3 Å². The molecule has 1 aromatic carbocycles. The highest BCUT2D eigenvalue weighted by Crippen LogP contribution is 2.22. The maximum Gasteiger partial charge on any atom is 0.243 e. The van der Waals surface area contributed by atoms with E-state index in [4.69, 9.17) is 10.5 Å². The topological polar surface area (TPSA) is 107 Å². The minimum Gasteiger partial charge on any atom is -0.493 e. The highest BCUT2D eigenvalue weighted by Gasteiger charge is 2.30. The van der Waals surface area contributed by atoms with Crippen LogP contribution in [0.15, 0.2) is 29.2 Å². The molecule has 0 aliphatic carbocycles. The molecule has 24 heavy (non-hydrogen) atoms. The molecular weight excluding hydrogens is 376 g/mol. The van der Waals surface area contributed by atoms with E-state index in [0.29, 0.717) is 25.3 Å². The van der Waals surface area contributed by atoms with Crippen LogP contribution in [0.5, 0.6) is 5.75 Å². The Balaban J connectivity index is 0.00000288. The molecule has 1 aliphatic heterocycles. The van der Waals surface area contributed by atoms with E-state index in [2.05, 4.69) is 0 Å². The first kappa shape index (κ1) is 21.2. The van der Waals surface area contributed by atoms with Crippen LogP contribution in [0.2, 0.25) is 0 Å².